The van der Waals surface area contributed by atoms with E-state index in [4.69, 9.17) is 0 Å². The summed E-state index contributed by atoms with van der Waals surface area (Å²) in [7, 11) is 0. The SMILES string of the molecule is Cc1ccc2n[nH]c([N+](=O)[O-])c2c1C(C)(C)C. The van der Waals surface area contributed by atoms with Crippen molar-refractivity contribution in [3.8, 4) is 0 Å². The van der Waals surface area contributed by atoms with Crippen LogP contribution >= 0.6 is 0 Å². The standard InChI is InChI=1S/C12H15N3O2/c1-7-5-6-8-9(10(7)12(2,3)4)11(14-13-8)15(16)17/h5-6H,1-4H3,(H,13,14). The zero-order valence-electron chi connectivity index (χ0n) is 10.4. The molecule has 5 nitrogen and oxygen atoms in total. The third kappa shape index (κ3) is 1.77. The van der Waals surface area contributed by atoms with Crippen LogP contribution in [0.4, 0.5) is 5.82 Å². The fraction of sp³-hybridized carbons (Fsp3) is 0.417. The number of nitrogens with one attached hydrogen (secondary N) is 1. The number of aromatic nitrogens is 2. The summed E-state index contributed by atoms with van der Waals surface area (Å²) in [6.45, 7) is 8.11. The minimum absolute atomic E-state index is 0.0198. The average Bonchev–Trinajstić information content (AvgIpc) is 2.58. The summed E-state index contributed by atoms with van der Waals surface area (Å²) >= 11 is 0. The van der Waals surface area contributed by atoms with Gasteiger partial charge in [0.25, 0.3) is 0 Å². The van der Waals surface area contributed by atoms with Crippen LogP contribution in [0, 0.1) is 17.0 Å². The van der Waals surface area contributed by atoms with E-state index in [2.05, 4.69) is 10.2 Å². The Morgan fingerprint density at radius 2 is 2.00 bits per heavy atom. The van der Waals surface area contributed by atoms with E-state index < -0.39 is 4.92 Å². The molecule has 0 amide bonds. The maximum absolute atomic E-state index is 11.0. The second-order valence-corrected chi connectivity index (χ2v) is 5.23. The van der Waals surface area contributed by atoms with E-state index in [9.17, 15) is 10.1 Å². The van der Waals surface area contributed by atoms with Crippen LogP contribution in [0.15, 0.2) is 12.1 Å². The number of hydrogen-bond donors (Lipinski definition) is 1. The molecule has 0 aliphatic carbocycles. The van der Waals surface area contributed by atoms with Gasteiger partial charge in [-0.15, -0.1) is 5.10 Å². The number of nitrogens with zero attached hydrogens (tertiary/aromatic N) is 2. The number of rotatable bonds is 1. The molecule has 2 rings (SSSR count). The van der Waals surface area contributed by atoms with Crippen LogP contribution in [-0.4, -0.2) is 15.1 Å². The number of fused-ring (bicyclic) bond motifs is 1. The van der Waals surface area contributed by atoms with Crippen molar-refractivity contribution < 1.29 is 4.92 Å². The van der Waals surface area contributed by atoms with Gasteiger partial charge in [0.05, 0.1) is 0 Å². The predicted molar refractivity (Wildman–Crippen MR) is 66.2 cm³/mol. The lowest BCUT2D eigenvalue weighted by Crippen LogP contribution is -2.14. The van der Waals surface area contributed by atoms with E-state index in [1.54, 1.807) is 0 Å². The minimum atomic E-state index is -0.413. The molecule has 90 valence electrons. The summed E-state index contributed by atoms with van der Waals surface area (Å²) in [5.74, 6) is -0.0198. The highest BCUT2D eigenvalue weighted by molar-refractivity contribution is 5.91. The fourth-order valence-corrected chi connectivity index (χ4v) is 2.30. The van der Waals surface area contributed by atoms with E-state index in [1.165, 1.54) is 0 Å². The van der Waals surface area contributed by atoms with Gasteiger partial charge in [-0.1, -0.05) is 31.9 Å². The number of hydrogen-bond acceptors (Lipinski definition) is 3. The Balaban J connectivity index is 2.92. The van der Waals surface area contributed by atoms with Gasteiger partial charge in [0, 0.05) is 0 Å². The molecule has 17 heavy (non-hydrogen) atoms. The van der Waals surface area contributed by atoms with Gasteiger partial charge in [-0.3, -0.25) is 0 Å². The Labute approximate surface area is 99.0 Å². The monoisotopic (exact) mass is 233 g/mol. The van der Waals surface area contributed by atoms with Gasteiger partial charge in [-0.05, 0) is 34.5 Å². The molecule has 1 heterocycles. The predicted octanol–water partition coefficient (Wildman–Crippen LogP) is 3.08. The third-order valence-corrected chi connectivity index (χ3v) is 2.84. The van der Waals surface area contributed by atoms with Crippen molar-refractivity contribution in [3.05, 3.63) is 33.4 Å². The van der Waals surface area contributed by atoms with Crippen LogP contribution in [0.1, 0.15) is 31.9 Å². The van der Waals surface area contributed by atoms with Crippen molar-refractivity contribution >= 4 is 16.7 Å². The average molecular weight is 233 g/mol. The van der Waals surface area contributed by atoms with Gasteiger partial charge < -0.3 is 10.1 Å². The van der Waals surface area contributed by atoms with Crippen molar-refractivity contribution in [1.29, 1.82) is 0 Å². The molecule has 5 heteroatoms. The quantitative estimate of drug-likeness (QED) is 0.607. The van der Waals surface area contributed by atoms with Crippen LogP contribution < -0.4 is 0 Å². The fourth-order valence-electron chi connectivity index (χ4n) is 2.30. The highest BCUT2D eigenvalue weighted by Gasteiger charge is 2.26. The third-order valence-electron chi connectivity index (χ3n) is 2.84. The van der Waals surface area contributed by atoms with Crippen molar-refractivity contribution in [2.24, 2.45) is 0 Å². The molecule has 0 saturated heterocycles. The molecular weight excluding hydrogens is 218 g/mol. The van der Waals surface area contributed by atoms with E-state index in [0.717, 1.165) is 11.1 Å². The van der Waals surface area contributed by atoms with Crippen LogP contribution in [0.2, 0.25) is 0 Å². The molecule has 1 N–H and O–H groups in total. The summed E-state index contributed by atoms with van der Waals surface area (Å²) in [4.78, 5) is 10.6. The van der Waals surface area contributed by atoms with Gasteiger partial charge in [0.2, 0.25) is 0 Å². The Bertz CT molecular complexity index is 594. The van der Waals surface area contributed by atoms with Crippen molar-refractivity contribution in [2.45, 2.75) is 33.1 Å². The summed E-state index contributed by atoms with van der Waals surface area (Å²) in [6.07, 6.45) is 0. The largest absolute Gasteiger partial charge is 0.358 e. The highest BCUT2D eigenvalue weighted by atomic mass is 16.6. The molecule has 1 aromatic carbocycles. The Hall–Kier alpha value is -1.91. The van der Waals surface area contributed by atoms with E-state index >= 15 is 0 Å². The number of aryl methyl sites for hydroxylation is 1. The smallest absolute Gasteiger partial charge is 0.350 e. The molecular formula is C12H15N3O2. The maximum atomic E-state index is 11.0. The van der Waals surface area contributed by atoms with Crippen molar-refractivity contribution in [2.75, 3.05) is 0 Å². The molecule has 1 aromatic heterocycles. The second kappa shape index (κ2) is 3.55. The lowest BCUT2D eigenvalue weighted by molar-refractivity contribution is -0.387. The normalized spacial score (nSPS) is 12.0. The summed E-state index contributed by atoms with van der Waals surface area (Å²) < 4.78 is 0. The molecule has 0 aliphatic rings. The number of nitro groups is 1. The molecule has 0 spiro atoms. The Morgan fingerprint density at radius 1 is 1.35 bits per heavy atom. The first-order valence-corrected chi connectivity index (χ1v) is 5.45. The number of benzene rings is 1. The summed E-state index contributed by atoms with van der Waals surface area (Å²) in [6, 6.07) is 3.76. The van der Waals surface area contributed by atoms with Gasteiger partial charge in [-0.25, -0.2) is 0 Å². The Morgan fingerprint density at radius 3 is 2.53 bits per heavy atom. The van der Waals surface area contributed by atoms with Gasteiger partial charge >= 0.3 is 5.82 Å². The summed E-state index contributed by atoms with van der Waals surface area (Å²) in [5, 5.41) is 18.1. The second-order valence-electron chi connectivity index (χ2n) is 5.23. The highest BCUT2D eigenvalue weighted by Crippen LogP contribution is 2.36. The van der Waals surface area contributed by atoms with Crippen LogP contribution in [-0.2, 0) is 5.41 Å². The first-order valence-electron chi connectivity index (χ1n) is 5.45. The molecule has 0 aliphatic heterocycles. The zero-order chi connectivity index (χ0) is 12.8. The minimum Gasteiger partial charge on any atom is -0.358 e. The van der Waals surface area contributed by atoms with Gasteiger partial charge in [-0.2, -0.15) is 0 Å². The van der Waals surface area contributed by atoms with Crippen LogP contribution in [0.25, 0.3) is 10.9 Å². The molecule has 0 atom stereocenters. The zero-order valence-corrected chi connectivity index (χ0v) is 10.4. The molecule has 0 bridgehead atoms. The van der Waals surface area contributed by atoms with E-state index in [-0.39, 0.29) is 11.2 Å². The lowest BCUT2D eigenvalue weighted by Gasteiger charge is -2.22. The van der Waals surface area contributed by atoms with Crippen LogP contribution in [0.5, 0.6) is 0 Å². The molecule has 0 radical (unpaired) electrons. The van der Waals surface area contributed by atoms with Crippen molar-refractivity contribution in [3.63, 3.8) is 0 Å². The van der Waals surface area contributed by atoms with E-state index in [0.29, 0.717) is 10.9 Å². The van der Waals surface area contributed by atoms with Gasteiger partial charge in [0.1, 0.15) is 10.9 Å². The molecule has 0 saturated carbocycles. The molecule has 0 fully saturated rings. The Kier molecular flexibility index (Phi) is 2.41. The summed E-state index contributed by atoms with van der Waals surface area (Å²) in [5.41, 5.74) is 2.52. The first kappa shape index (κ1) is 11.6. The van der Waals surface area contributed by atoms with Crippen LogP contribution in [0.3, 0.4) is 0 Å². The van der Waals surface area contributed by atoms with Crippen molar-refractivity contribution in [1.82, 2.24) is 10.2 Å². The molecule has 2 aromatic rings. The number of aromatic amines is 1. The molecule has 0 unspecified atom stereocenters. The topological polar surface area (TPSA) is 71.8 Å². The first-order chi connectivity index (χ1) is 7.82. The number of H-pyrrole nitrogens is 1. The maximum Gasteiger partial charge on any atom is 0.350 e. The van der Waals surface area contributed by atoms with Gasteiger partial charge in [0.15, 0.2) is 0 Å². The van der Waals surface area contributed by atoms with E-state index in [1.807, 2.05) is 39.8 Å². The lowest BCUT2D eigenvalue weighted by atomic mass is 9.82.